The van der Waals surface area contributed by atoms with Crippen LogP contribution in [0.4, 0.5) is 11.4 Å². The van der Waals surface area contributed by atoms with Gasteiger partial charge in [-0.2, -0.15) is 0 Å². The van der Waals surface area contributed by atoms with Gasteiger partial charge in [0, 0.05) is 17.9 Å². The Labute approximate surface area is 107 Å². The number of nitrogens with one attached hydrogen (secondary N) is 1. The predicted molar refractivity (Wildman–Crippen MR) is 75.3 cm³/mol. The molecule has 0 aliphatic rings. The Bertz CT molecular complexity index is 521. The lowest BCUT2D eigenvalue weighted by atomic mass is 10.1. The zero-order valence-corrected chi connectivity index (χ0v) is 10.5. The van der Waals surface area contributed by atoms with E-state index in [1.165, 1.54) is 11.1 Å². The van der Waals surface area contributed by atoms with E-state index in [1.54, 1.807) is 0 Å². The summed E-state index contributed by atoms with van der Waals surface area (Å²) in [6.45, 7) is 2.86. The molecular formula is C15H18N2O. The van der Waals surface area contributed by atoms with Crippen LogP contribution >= 0.6 is 0 Å². The summed E-state index contributed by atoms with van der Waals surface area (Å²) in [5.41, 5.74) is 10.7. The molecule has 0 amide bonds. The van der Waals surface area contributed by atoms with Crippen LogP contribution in [0, 0.1) is 6.92 Å². The minimum Gasteiger partial charge on any atom is -0.399 e. The van der Waals surface area contributed by atoms with Crippen LogP contribution in [0.1, 0.15) is 16.7 Å². The largest absolute Gasteiger partial charge is 0.399 e. The maximum atomic E-state index is 9.13. The standard InChI is InChI=1S/C15H18N2O/c1-11-2-3-13(10-18)8-15(11)17-9-12-4-6-14(16)7-5-12/h2-8,17-18H,9-10,16H2,1H3. The predicted octanol–water partition coefficient (Wildman–Crippen LogP) is 2.68. The summed E-state index contributed by atoms with van der Waals surface area (Å²) in [5.74, 6) is 0. The van der Waals surface area contributed by atoms with Gasteiger partial charge < -0.3 is 16.2 Å². The fourth-order valence-electron chi connectivity index (χ4n) is 1.79. The first-order valence-electron chi connectivity index (χ1n) is 5.97. The summed E-state index contributed by atoms with van der Waals surface area (Å²) in [6.07, 6.45) is 0. The summed E-state index contributed by atoms with van der Waals surface area (Å²) in [5, 5.41) is 12.5. The van der Waals surface area contributed by atoms with Crippen molar-refractivity contribution >= 4 is 11.4 Å². The fraction of sp³-hybridized carbons (Fsp3) is 0.200. The van der Waals surface area contributed by atoms with Crippen molar-refractivity contribution in [1.82, 2.24) is 0 Å². The van der Waals surface area contributed by atoms with Gasteiger partial charge in [0.1, 0.15) is 0 Å². The van der Waals surface area contributed by atoms with E-state index in [4.69, 9.17) is 10.8 Å². The second-order valence-electron chi connectivity index (χ2n) is 4.40. The Kier molecular flexibility index (Phi) is 3.85. The van der Waals surface area contributed by atoms with Crippen molar-refractivity contribution in [3.8, 4) is 0 Å². The third-order valence-electron chi connectivity index (χ3n) is 2.95. The molecule has 0 aliphatic carbocycles. The molecule has 0 unspecified atom stereocenters. The molecule has 0 radical (unpaired) electrons. The van der Waals surface area contributed by atoms with Gasteiger partial charge in [-0.1, -0.05) is 24.3 Å². The lowest BCUT2D eigenvalue weighted by Gasteiger charge is -2.11. The van der Waals surface area contributed by atoms with E-state index in [1.807, 2.05) is 49.4 Å². The van der Waals surface area contributed by atoms with Crippen molar-refractivity contribution in [1.29, 1.82) is 0 Å². The van der Waals surface area contributed by atoms with Crippen molar-refractivity contribution in [3.05, 3.63) is 59.2 Å². The molecule has 94 valence electrons. The van der Waals surface area contributed by atoms with E-state index < -0.39 is 0 Å². The smallest absolute Gasteiger partial charge is 0.0682 e. The first-order chi connectivity index (χ1) is 8.69. The number of nitrogens with two attached hydrogens (primary N) is 1. The van der Waals surface area contributed by atoms with Crippen LogP contribution in [0.15, 0.2) is 42.5 Å². The molecule has 2 aromatic rings. The highest BCUT2D eigenvalue weighted by atomic mass is 16.3. The maximum Gasteiger partial charge on any atom is 0.0682 e. The van der Waals surface area contributed by atoms with E-state index >= 15 is 0 Å². The molecule has 0 aliphatic heterocycles. The average molecular weight is 242 g/mol. The normalized spacial score (nSPS) is 10.3. The first kappa shape index (κ1) is 12.5. The molecule has 0 fully saturated rings. The molecule has 18 heavy (non-hydrogen) atoms. The summed E-state index contributed by atoms with van der Waals surface area (Å²) in [4.78, 5) is 0. The Morgan fingerprint density at radius 1 is 1.06 bits per heavy atom. The third kappa shape index (κ3) is 3.02. The summed E-state index contributed by atoms with van der Waals surface area (Å²) in [6, 6.07) is 13.7. The van der Waals surface area contributed by atoms with Gasteiger partial charge in [-0.15, -0.1) is 0 Å². The molecule has 0 saturated carbocycles. The second-order valence-corrected chi connectivity index (χ2v) is 4.40. The van der Waals surface area contributed by atoms with Crippen LogP contribution in [0.25, 0.3) is 0 Å². The summed E-state index contributed by atoms with van der Waals surface area (Å²) >= 11 is 0. The minimum atomic E-state index is 0.0663. The first-order valence-corrected chi connectivity index (χ1v) is 5.97. The maximum absolute atomic E-state index is 9.13. The van der Waals surface area contributed by atoms with Crippen LogP contribution in [0.2, 0.25) is 0 Å². The summed E-state index contributed by atoms with van der Waals surface area (Å²) < 4.78 is 0. The van der Waals surface area contributed by atoms with E-state index in [2.05, 4.69) is 5.32 Å². The lowest BCUT2D eigenvalue weighted by molar-refractivity contribution is 0.282. The van der Waals surface area contributed by atoms with Crippen molar-refractivity contribution in [3.63, 3.8) is 0 Å². The van der Waals surface area contributed by atoms with Crippen molar-refractivity contribution < 1.29 is 5.11 Å². The third-order valence-corrected chi connectivity index (χ3v) is 2.95. The fourth-order valence-corrected chi connectivity index (χ4v) is 1.79. The highest BCUT2D eigenvalue weighted by Gasteiger charge is 2.00. The van der Waals surface area contributed by atoms with Gasteiger partial charge in [-0.25, -0.2) is 0 Å². The van der Waals surface area contributed by atoms with Crippen LogP contribution in [-0.4, -0.2) is 5.11 Å². The molecule has 0 atom stereocenters. The number of rotatable bonds is 4. The molecule has 4 N–H and O–H groups in total. The van der Waals surface area contributed by atoms with Gasteiger partial charge in [-0.3, -0.25) is 0 Å². The number of aryl methyl sites for hydroxylation is 1. The molecule has 3 nitrogen and oxygen atoms in total. The highest BCUT2D eigenvalue weighted by molar-refractivity contribution is 5.53. The van der Waals surface area contributed by atoms with Crippen LogP contribution in [-0.2, 0) is 13.2 Å². The Morgan fingerprint density at radius 3 is 2.39 bits per heavy atom. The monoisotopic (exact) mass is 242 g/mol. The average Bonchev–Trinajstić information content (AvgIpc) is 2.40. The SMILES string of the molecule is Cc1ccc(CO)cc1NCc1ccc(N)cc1. The molecule has 0 aromatic heterocycles. The Morgan fingerprint density at radius 2 is 1.72 bits per heavy atom. The summed E-state index contributed by atoms with van der Waals surface area (Å²) in [7, 11) is 0. The zero-order valence-electron chi connectivity index (χ0n) is 10.5. The number of benzene rings is 2. The lowest BCUT2D eigenvalue weighted by Crippen LogP contribution is -2.02. The number of nitrogen functional groups attached to an aromatic ring is 1. The van der Waals surface area contributed by atoms with Crippen LogP contribution < -0.4 is 11.1 Å². The van der Waals surface area contributed by atoms with Crippen LogP contribution in [0.3, 0.4) is 0 Å². The van der Waals surface area contributed by atoms with Crippen molar-refractivity contribution in [2.24, 2.45) is 0 Å². The topological polar surface area (TPSA) is 58.3 Å². The number of aliphatic hydroxyl groups is 1. The van der Waals surface area contributed by atoms with Gasteiger partial charge in [0.25, 0.3) is 0 Å². The second kappa shape index (κ2) is 5.56. The van der Waals surface area contributed by atoms with Gasteiger partial charge >= 0.3 is 0 Å². The van der Waals surface area contributed by atoms with Gasteiger partial charge in [0.15, 0.2) is 0 Å². The number of anilines is 2. The molecule has 2 rings (SSSR count). The Hall–Kier alpha value is -2.00. The number of aliphatic hydroxyl groups excluding tert-OH is 1. The number of hydrogen-bond donors (Lipinski definition) is 3. The van der Waals surface area contributed by atoms with E-state index in [9.17, 15) is 0 Å². The van der Waals surface area contributed by atoms with Crippen molar-refractivity contribution in [2.45, 2.75) is 20.1 Å². The Balaban J connectivity index is 2.07. The zero-order chi connectivity index (χ0) is 13.0. The van der Waals surface area contributed by atoms with Gasteiger partial charge in [-0.05, 0) is 41.8 Å². The van der Waals surface area contributed by atoms with Crippen molar-refractivity contribution in [2.75, 3.05) is 11.1 Å². The van der Waals surface area contributed by atoms with Gasteiger partial charge in [0.05, 0.1) is 6.61 Å². The van der Waals surface area contributed by atoms with E-state index in [0.29, 0.717) is 0 Å². The molecule has 0 heterocycles. The molecule has 0 bridgehead atoms. The van der Waals surface area contributed by atoms with Gasteiger partial charge in [0.2, 0.25) is 0 Å². The number of hydrogen-bond acceptors (Lipinski definition) is 3. The highest BCUT2D eigenvalue weighted by Crippen LogP contribution is 2.18. The molecule has 3 heteroatoms. The van der Waals surface area contributed by atoms with E-state index in [-0.39, 0.29) is 6.61 Å². The molecule has 2 aromatic carbocycles. The minimum absolute atomic E-state index is 0.0663. The molecule has 0 saturated heterocycles. The van der Waals surface area contributed by atoms with Crippen LogP contribution in [0.5, 0.6) is 0 Å². The molecule has 0 spiro atoms. The van der Waals surface area contributed by atoms with E-state index in [0.717, 1.165) is 23.5 Å². The molecular weight excluding hydrogens is 224 g/mol. The quantitative estimate of drug-likeness (QED) is 0.722.